The van der Waals surface area contributed by atoms with Crippen LogP contribution in [0.3, 0.4) is 0 Å². The van der Waals surface area contributed by atoms with Crippen molar-refractivity contribution in [2.24, 2.45) is 0 Å². The summed E-state index contributed by atoms with van der Waals surface area (Å²) in [4.78, 5) is 26.6. The highest BCUT2D eigenvalue weighted by molar-refractivity contribution is 6.08. The van der Waals surface area contributed by atoms with Crippen molar-refractivity contribution in [2.45, 2.75) is 27.7 Å². The maximum absolute atomic E-state index is 13.5. The average Bonchev–Trinajstić information content (AvgIpc) is 3.25. The van der Waals surface area contributed by atoms with Gasteiger partial charge in [0.15, 0.2) is 11.2 Å². The number of aryl methyl sites for hydroxylation is 4. The number of rotatable bonds is 4. The third-order valence-electron chi connectivity index (χ3n) is 5.46. The van der Waals surface area contributed by atoms with E-state index in [0.29, 0.717) is 22.8 Å². The van der Waals surface area contributed by atoms with E-state index in [9.17, 15) is 9.59 Å². The maximum Gasteiger partial charge on any atom is 0.261 e. The summed E-state index contributed by atoms with van der Waals surface area (Å²) in [5.74, 6) is -0.00755. The fourth-order valence-electron chi connectivity index (χ4n) is 3.91. The van der Waals surface area contributed by atoms with Crippen LogP contribution in [0.15, 0.2) is 76.1 Å². The summed E-state index contributed by atoms with van der Waals surface area (Å²) < 4.78 is 7.59. The molecule has 156 valence electrons. The molecule has 0 fully saturated rings. The molecule has 5 heteroatoms. The van der Waals surface area contributed by atoms with Crippen LogP contribution in [0.25, 0.3) is 17.1 Å². The minimum Gasteiger partial charge on any atom is -0.463 e. The number of furan rings is 1. The normalized spacial score (nSPS) is 10.8. The van der Waals surface area contributed by atoms with Gasteiger partial charge in [-0.25, -0.2) is 0 Å². The number of nitrogens with zero attached hydrogens (tertiary/aromatic N) is 1. The van der Waals surface area contributed by atoms with Crippen molar-refractivity contribution in [3.63, 3.8) is 0 Å². The molecular weight excluding hydrogens is 388 g/mol. The summed E-state index contributed by atoms with van der Waals surface area (Å²) >= 11 is 0. The van der Waals surface area contributed by atoms with Crippen LogP contribution in [0.2, 0.25) is 0 Å². The summed E-state index contributed by atoms with van der Waals surface area (Å²) in [6, 6.07) is 18.6. The molecule has 0 bridgehead atoms. The van der Waals surface area contributed by atoms with Crippen LogP contribution in [0, 0.1) is 27.7 Å². The number of hydrogen-bond acceptors (Lipinski definition) is 3. The lowest BCUT2D eigenvalue weighted by atomic mass is 10.0. The lowest BCUT2D eigenvalue weighted by Gasteiger charge is -2.21. The first kappa shape index (κ1) is 20.4. The van der Waals surface area contributed by atoms with Gasteiger partial charge >= 0.3 is 0 Å². The second kappa shape index (κ2) is 8.11. The summed E-state index contributed by atoms with van der Waals surface area (Å²) in [7, 11) is 0. The zero-order valence-corrected chi connectivity index (χ0v) is 18.0. The van der Waals surface area contributed by atoms with Gasteiger partial charge in [-0.1, -0.05) is 36.4 Å². The van der Waals surface area contributed by atoms with Gasteiger partial charge in [-0.15, -0.1) is 0 Å². The van der Waals surface area contributed by atoms with Gasteiger partial charge in [0.05, 0.1) is 6.26 Å². The molecule has 5 nitrogen and oxygen atoms in total. The number of pyridine rings is 1. The number of benzene rings is 2. The van der Waals surface area contributed by atoms with Gasteiger partial charge in [-0.3, -0.25) is 9.59 Å². The first-order chi connectivity index (χ1) is 14.9. The van der Waals surface area contributed by atoms with E-state index in [0.717, 1.165) is 22.4 Å². The molecule has 0 radical (unpaired) electrons. The van der Waals surface area contributed by atoms with Crippen molar-refractivity contribution in [3.05, 3.63) is 105 Å². The number of carbonyl (C=O) groups excluding carboxylic acids is 1. The Labute approximate surface area is 181 Å². The van der Waals surface area contributed by atoms with E-state index < -0.39 is 5.91 Å². The molecular formula is C26H24N2O3. The Morgan fingerprint density at radius 2 is 1.55 bits per heavy atom. The van der Waals surface area contributed by atoms with Gasteiger partial charge in [-0.05, 0) is 62.6 Å². The van der Waals surface area contributed by atoms with Crippen LogP contribution in [-0.4, -0.2) is 10.5 Å². The van der Waals surface area contributed by atoms with E-state index in [1.54, 1.807) is 12.1 Å². The van der Waals surface area contributed by atoms with Crippen LogP contribution in [0.4, 0.5) is 5.69 Å². The standard InChI is InChI=1S/C26H24N2O3/c1-16-9-5-6-12-20(16)28-19(4)15-21(29)23(25(28)22-13-8-14-31-22)26(30)27-24-17(2)10-7-11-18(24)3/h5-15H,1-4H3,(H,27,30). The van der Waals surface area contributed by atoms with Gasteiger partial charge in [0.25, 0.3) is 5.91 Å². The van der Waals surface area contributed by atoms with E-state index in [1.165, 1.54) is 12.3 Å². The summed E-state index contributed by atoms with van der Waals surface area (Å²) in [5, 5.41) is 2.96. The molecule has 4 aromatic rings. The zero-order chi connectivity index (χ0) is 22.1. The fraction of sp³-hybridized carbons (Fsp3) is 0.154. The number of anilines is 1. The SMILES string of the molecule is Cc1ccccc1-n1c(C)cc(=O)c(C(=O)Nc2c(C)cccc2C)c1-c1ccco1. The molecule has 1 amide bonds. The molecule has 0 aliphatic rings. The summed E-state index contributed by atoms with van der Waals surface area (Å²) in [5.41, 5.74) is 5.32. The van der Waals surface area contributed by atoms with Crippen LogP contribution in [-0.2, 0) is 0 Å². The topological polar surface area (TPSA) is 64.2 Å². The highest BCUT2D eigenvalue weighted by atomic mass is 16.3. The highest BCUT2D eigenvalue weighted by Crippen LogP contribution is 2.30. The second-order valence-electron chi connectivity index (χ2n) is 7.69. The second-order valence-corrected chi connectivity index (χ2v) is 7.69. The van der Waals surface area contributed by atoms with Gasteiger partial charge in [0.2, 0.25) is 0 Å². The number of para-hydroxylation sites is 2. The monoisotopic (exact) mass is 412 g/mol. The van der Waals surface area contributed by atoms with E-state index in [4.69, 9.17) is 4.42 Å². The summed E-state index contributed by atoms with van der Waals surface area (Å²) in [6.07, 6.45) is 1.54. The Hall–Kier alpha value is -3.86. The first-order valence-electron chi connectivity index (χ1n) is 10.1. The molecule has 0 saturated carbocycles. The lowest BCUT2D eigenvalue weighted by Crippen LogP contribution is -2.26. The van der Waals surface area contributed by atoms with Gasteiger partial charge < -0.3 is 14.3 Å². The number of nitrogens with one attached hydrogen (secondary N) is 1. The fourth-order valence-corrected chi connectivity index (χ4v) is 3.91. The quantitative estimate of drug-likeness (QED) is 0.476. The lowest BCUT2D eigenvalue weighted by molar-refractivity contribution is 0.102. The van der Waals surface area contributed by atoms with Crippen molar-refractivity contribution in [2.75, 3.05) is 5.32 Å². The van der Waals surface area contributed by atoms with Crippen molar-refractivity contribution < 1.29 is 9.21 Å². The molecule has 2 aromatic heterocycles. The Bertz CT molecular complexity index is 1310. The number of aromatic nitrogens is 1. The maximum atomic E-state index is 13.5. The third-order valence-corrected chi connectivity index (χ3v) is 5.46. The third kappa shape index (κ3) is 3.70. The molecule has 31 heavy (non-hydrogen) atoms. The van der Waals surface area contributed by atoms with Crippen LogP contribution in [0.1, 0.15) is 32.7 Å². The predicted octanol–water partition coefficient (Wildman–Crippen LogP) is 5.58. The van der Waals surface area contributed by atoms with Crippen molar-refractivity contribution >= 4 is 11.6 Å². The van der Waals surface area contributed by atoms with Gasteiger partial charge in [0.1, 0.15) is 11.3 Å². The zero-order valence-electron chi connectivity index (χ0n) is 18.0. The number of amides is 1. The number of hydrogen-bond donors (Lipinski definition) is 1. The minimum atomic E-state index is -0.462. The van der Waals surface area contributed by atoms with Crippen molar-refractivity contribution in [3.8, 4) is 17.1 Å². The summed E-state index contributed by atoms with van der Waals surface area (Å²) in [6.45, 7) is 7.70. The van der Waals surface area contributed by atoms with E-state index in [2.05, 4.69) is 5.32 Å². The van der Waals surface area contributed by atoms with E-state index >= 15 is 0 Å². The molecule has 0 saturated heterocycles. The molecule has 1 N–H and O–H groups in total. The van der Waals surface area contributed by atoms with Gasteiger partial charge in [0, 0.05) is 23.1 Å². The predicted molar refractivity (Wildman–Crippen MR) is 123 cm³/mol. The molecule has 0 aliphatic carbocycles. The molecule has 0 atom stereocenters. The van der Waals surface area contributed by atoms with Crippen LogP contribution in [0.5, 0.6) is 0 Å². The Morgan fingerprint density at radius 3 is 2.19 bits per heavy atom. The van der Waals surface area contributed by atoms with Gasteiger partial charge in [-0.2, -0.15) is 0 Å². The smallest absolute Gasteiger partial charge is 0.261 e. The number of carbonyl (C=O) groups is 1. The largest absolute Gasteiger partial charge is 0.463 e. The minimum absolute atomic E-state index is 0.0476. The molecule has 0 aliphatic heterocycles. The highest BCUT2D eigenvalue weighted by Gasteiger charge is 2.25. The average molecular weight is 412 g/mol. The Kier molecular flexibility index (Phi) is 5.34. The first-order valence-corrected chi connectivity index (χ1v) is 10.1. The molecule has 0 spiro atoms. The van der Waals surface area contributed by atoms with Crippen LogP contribution < -0.4 is 10.7 Å². The molecule has 4 rings (SSSR count). The van der Waals surface area contributed by atoms with Crippen molar-refractivity contribution in [1.82, 2.24) is 4.57 Å². The Morgan fingerprint density at radius 1 is 0.871 bits per heavy atom. The van der Waals surface area contributed by atoms with E-state index in [1.807, 2.05) is 74.7 Å². The van der Waals surface area contributed by atoms with Crippen LogP contribution >= 0.6 is 0 Å². The molecule has 2 heterocycles. The molecule has 0 unspecified atom stereocenters. The Balaban J connectivity index is 1.99. The van der Waals surface area contributed by atoms with E-state index in [-0.39, 0.29) is 11.0 Å². The van der Waals surface area contributed by atoms with Crippen molar-refractivity contribution in [1.29, 1.82) is 0 Å². The molecule has 2 aromatic carbocycles.